The van der Waals surface area contributed by atoms with Crippen molar-refractivity contribution in [2.75, 3.05) is 6.54 Å². The molecule has 3 aromatic heterocycles. The Morgan fingerprint density at radius 3 is 2.65 bits per heavy atom. The Labute approximate surface area is 147 Å². The van der Waals surface area contributed by atoms with E-state index in [4.69, 9.17) is 11.6 Å². The zero-order valence-electron chi connectivity index (χ0n) is 11.8. The number of rotatable bonds is 6. The Balaban J connectivity index is 1.60. The van der Waals surface area contributed by atoms with Gasteiger partial charge in [-0.05, 0) is 24.3 Å². The minimum Gasteiger partial charge on any atom is -0.265 e. The van der Waals surface area contributed by atoms with E-state index in [9.17, 15) is 8.42 Å². The van der Waals surface area contributed by atoms with Crippen LogP contribution in [0.15, 0.2) is 46.2 Å². The lowest BCUT2D eigenvalue weighted by Gasteiger charge is -2.02. The van der Waals surface area contributed by atoms with Gasteiger partial charge < -0.3 is 0 Å². The van der Waals surface area contributed by atoms with Gasteiger partial charge in [0, 0.05) is 36.3 Å². The molecule has 0 saturated heterocycles. The summed E-state index contributed by atoms with van der Waals surface area (Å²) in [6.07, 6.45) is 3.97. The molecule has 3 rings (SSSR count). The summed E-state index contributed by atoms with van der Waals surface area (Å²) < 4.78 is 27.4. The summed E-state index contributed by atoms with van der Waals surface area (Å²) in [5.74, 6) is 0. The molecule has 0 bridgehead atoms. The Kier molecular flexibility index (Phi) is 5.08. The highest BCUT2D eigenvalue weighted by molar-refractivity contribution is 7.91. The van der Waals surface area contributed by atoms with E-state index in [1.54, 1.807) is 18.5 Å². The van der Waals surface area contributed by atoms with E-state index < -0.39 is 10.0 Å². The van der Waals surface area contributed by atoms with Gasteiger partial charge in [0.2, 0.25) is 10.0 Å². The summed E-state index contributed by atoms with van der Waals surface area (Å²) in [4.78, 5) is 8.49. The fourth-order valence-corrected chi connectivity index (χ4v) is 5.25. The molecular formula is C14H12ClN3O2S3. The molecule has 0 aliphatic carbocycles. The number of nitrogens with one attached hydrogen (secondary N) is 1. The molecule has 0 aromatic carbocycles. The average molecular weight is 386 g/mol. The van der Waals surface area contributed by atoms with Gasteiger partial charge in [-0.15, -0.1) is 22.7 Å². The van der Waals surface area contributed by atoms with E-state index in [2.05, 4.69) is 14.7 Å². The van der Waals surface area contributed by atoms with Crippen molar-refractivity contribution in [2.24, 2.45) is 0 Å². The molecule has 0 unspecified atom stereocenters. The summed E-state index contributed by atoms with van der Waals surface area (Å²) in [5, 5.41) is 2.84. The summed E-state index contributed by atoms with van der Waals surface area (Å²) in [6.45, 7) is 0.293. The number of pyridine rings is 1. The van der Waals surface area contributed by atoms with Crippen LogP contribution in [0.2, 0.25) is 4.34 Å². The van der Waals surface area contributed by atoms with Crippen molar-refractivity contribution in [3.05, 3.63) is 51.4 Å². The van der Waals surface area contributed by atoms with E-state index in [1.807, 2.05) is 17.5 Å². The second-order valence-corrected chi connectivity index (χ2v) is 9.22. The number of hydrogen-bond acceptors (Lipinski definition) is 6. The second-order valence-electron chi connectivity index (χ2n) is 4.57. The van der Waals surface area contributed by atoms with Gasteiger partial charge in [0.15, 0.2) is 0 Å². The minimum absolute atomic E-state index is 0.221. The van der Waals surface area contributed by atoms with E-state index in [1.165, 1.54) is 17.4 Å². The summed E-state index contributed by atoms with van der Waals surface area (Å²) in [6, 6.07) is 6.85. The maximum atomic E-state index is 12.1. The van der Waals surface area contributed by atoms with Gasteiger partial charge >= 0.3 is 0 Å². The third-order valence-electron chi connectivity index (χ3n) is 2.97. The molecule has 9 heteroatoms. The van der Waals surface area contributed by atoms with Crippen molar-refractivity contribution >= 4 is 44.3 Å². The Morgan fingerprint density at radius 2 is 1.96 bits per heavy atom. The SMILES string of the molecule is O=S(=O)(NCCc1nc(-c2ccncc2)cs1)c1ccc(Cl)s1. The van der Waals surface area contributed by atoms with Crippen molar-refractivity contribution in [3.63, 3.8) is 0 Å². The van der Waals surface area contributed by atoms with Crippen molar-refractivity contribution in [2.45, 2.75) is 10.6 Å². The topological polar surface area (TPSA) is 72.0 Å². The summed E-state index contributed by atoms with van der Waals surface area (Å²) >= 11 is 8.32. The van der Waals surface area contributed by atoms with Crippen molar-refractivity contribution in [3.8, 4) is 11.3 Å². The van der Waals surface area contributed by atoms with Crippen LogP contribution >= 0.6 is 34.3 Å². The number of sulfonamides is 1. The zero-order valence-corrected chi connectivity index (χ0v) is 15.0. The van der Waals surface area contributed by atoms with Crippen LogP contribution in [-0.4, -0.2) is 24.9 Å². The minimum atomic E-state index is -3.50. The van der Waals surface area contributed by atoms with Crippen LogP contribution in [-0.2, 0) is 16.4 Å². The number of nitrogens with zero attached hydrogens (tertiary/aromatic N) is 2. The molecule has 120 valence electrons. The number of thiophene rings is 1. The highest BCUT2D eigenvalue weighted by Crippen LogP contribution is 2.25. The predicted molar refractivity (Wildman–Crippen MR) is 93.6 cm³/mol. The smallest absolute Gasteiger partial charge is 0.250 e. The molecule has 0 saturated carbocycles. The Hall–Kier alpha value is -1.32. The Morgan fingerprint density at radius 1 is 1.17 bits per heavy atom. The van der Waals surface area contributed by atoms with Gasteiger partial charge in [-0.1, -0.05) is 11.6 Å². The number of aromatic nitrogens is 2. The highest BCUT2D eigenvalue weighted by atomic mass is 35.5. The lowest BCUT2D eigenvalue weighted by atomic mass is 10.2. The second kappa shape index (κ2) is 7.06. The molecule has 5 nitrogen and oxygen atoms in total. The lowest BCUT2D eigenvalue weighted by molar-refractivity contribution is 0.583. The first-order chi connectivity index (χ1) is 11.0. The van der Waals surface area contributed by atoms with Crippen molar-refractivity contribution in [1.29, 1.82) is 0 Å². The van der Waals surface area contributed by atoms with Crippen LogP contribution in [0.25, 0.3) is 11.3 Å². The van der Waals surface area contributed by atoms with E-state index in [0.29, 0.717) is 17.3 Å². The zero-order chi connectivity index (χ0) is 16.3. The van der Waals surface area contributed by atoms with Gasteiger partial charge in [-0.3, -0.25) is 4.98 Å². The number of thiazole rings is 1. The molecule has 1 N–H and O–H groups in total. The van der Waals surface area contributed by atoms with Gasteiger partial charge in [-0.25, -0.2) is 18.1 Å². The molecule has 0 aliphatic heterocycles. The third kappa shape index (κ3) is 4.15. The predicted octanol–water partition coefficient (Wildman–Crippen LogP) is 3.44. The first-order valence-corrected chi connectivity index (χ1v) is 10.2. The van der Waals surface area contributed by atoms with Gasteiger partial charge in [-0.2, -0.15) is 0 Å². The molecule has 3 heterocycles. The first kappa shape index (κ1) is 16.5. The molecule has 0 radical (unpaired) electrons. The largest absolute Gasteiger partial charge is 0.265 e. The van der Waals surface area contributed by atoms with Gasteiger partial charge in [0.05, 0.1) is 15.0 Å². The van der Waals surface area contributed by atoms with Crippen LogP contribution < -0.4 is 4.72 Å². The van der Waals surface area contributed by atoms with Crippen LogP contribution in [0, 0.1) is 0 Å². The summed E-state index contributed by atoms with van der Waals surface area (Å²) in [7, 11) is -3.50. The maximum Gasteiger partial charge on any atom is 0.250 e. The molecular weight excluding hydrogens is 374 g/mol. The fourth-order valence-electron chi connectivity index (χ4n) is 1.89. The van der Waals surface area contributed by atoms with Crippen LogP contribution in [0.1, 0.15) is 5.01 Å². The quantitative estimate of drug-likeness (QED) is 0.705. The standard InChI is InChI=1S/C14H12ClN3O2S3/c15-12-1-2-14(22-12)23(19,20)17-8-5-13-18-11(9-21-13)10-3-6-16-7-4-10/h1-4,6-7,9,17H,5,8H2. The molecule has 0 fully saturated rings. The van der Waals surface area contributed by atoms with Crippen molar-refractivity contribution in [1.82, 2.24) is 14.7 Å². The number of hydrogen-bond donors (Lipinski definition) is 1. The molecule has 3 aromatic rings. The monoisotopic (exact) mass is 385 g/mol. The first-order valence-electron chi connectivity index (χ1n) is 6.64. The van der Waals surface area contributed by atoms with E-state index >= 15 is 0 Å². The molecule has 23 heavy (non-hydrogen) atoms. The van der Waals surface area contributed by atoms with Crippen LogP contribution in [0.4, 0.5) is 0 Å². The van der Waals surface area contributed by atoms with Crippen LogP contribution in [0.3, 0.4) is 0 Å². The Bertz CT molecular complexity index is 891. The third-order valence-corrected chi connectivity index (χ3v) is 7.06. The highest BCUT2D eigenvalue weighted by Gasteiger charge is 2.16. The maximum absolute atomic E-state index is 12.1. The normalized spacial score (nSPS) is 11.7. The van der Waals surface area contributed by atoms with Gasteiger partial charge in [0.25, 0.3) is 0 Å². The summed E-state index contributed by atoms with van der Waals surface area (Å²) in [5.41, 5.74) is 1.87. The lowest BCUT2D eigenvalue weighted by Crippen LogP contribution is -2.25. The number of halogens is 1. The van der Waals surface area contributed by atoms with Gasteiger partial charge in [0.1, 0.15) is 4.21 Å². The van der Waals surface area contributed by atoms with E-state index in [-0.39, 0.29) is 4.21 Å². The van der Waals surface area contributed by atoms with E-state index in [0.717, 1.165) is 27.6 Å². The molecule has 0 atom stereocenters. The fraction of sp³-hybridized carbons (Fsp3) is 0.143. The molecule has 0 amide bonds. The average Bonchev–Trinajstić information content (AvgIpc) is 3.17. The molecule has 0 spiro atoms. The van der Waals surface area contributed by atoms with Crippen LogP contribution in [0.5, 0.6) is 0 Å². The molecule has 0 aliphatic rings. The van der Waals surface area contributed by atoms with Crippen molar-refractivity contribution < 1.29 is 8.42 Å².